The third kappa shape index (κ3) is 8.91. The summed E-state index contributed by atoms with van der Waals surface area (Å²) in [5, 5.41) is 5.86. The molecular formula is C20H27F2N2OP. The smallest absolute Gasteiger partial charge is 0.298 e. The lowest BCUT2D eigenvalue weighted by atomic mass is 10.1. The van der Waals surface area contributed by atoms with Crippen LogP contribution in [0.2, 0.25) is 0 Å². The largest absolute Gasteiger partial charge is 0.380 e. The summed E-state index contributed by atoms with van der Waals surface area (Å²) in [7, 11) is -3.07. The van der Waals surface area contributed by atoms with Crippen LogP contribution in [0.4, 0.5) is 8.39 Å². The summed E-state index contributed by atoms with van der Waals surface area (Å²) < 4.78 is 25.1. The van der Waals surface area contributed by atoms with E-state index in [1.807, 2.05) is 26.0 Å². The lowest BCUT2D eigenvalue weighted by Crippen LogP contribution is -2.32. The van der Waals surface area contributed by atoms with Crippen molar-refractivity contribution in [2.45, 2.75) is 40.7 Å². The minimum Gasteiger partial charge on any atom is -0.380 e. The Kier molecular flexibility index (Phi) is 9.82. The van der Waals surface area contributed by atoms with Crippen LogP contribution in [0.3, 0.4) is 0 Å². The number of carbonyl (C=O) groups is 1. The first-order valence-corrected chi connectivity index (χ1v) is 9.67. The fourth-order valence-corrected chi connectivity index (χ4v) is 2.44. The number of rotatable bonds is 9. The molecule has 0 aromatic heterocycles. The number of halogens is 2. The summed E-state index contributed by atoms with van der Waals surface area (Å²) in [4.78, 5) is 11.9. The van der Waals surface area contributed by atoms with Gasteiger partial charge in [0.15, 0.2) is 0 Å². The van der Waals surface area contributed by atoms with Gasteiger partial charge in [-0.15, -0.1) is 0 Å². The van der Waals surface area contributed by atoms with Gasteiger partial charge in [-0.05, 0) is 51.0 Å². The van der Waals surface area contributed by atoms with E-state index < -0.39 is 8.54 Å². The normalized spacial score (nSPS) is 13.1. The molecule has 0 spiro atoms. The molecule has 0 aliphatic rings. The van der Waals surface area contributed by atoms with Gasteiger partial charge in [-0.25, -0.2) is 0 Å². The van der Waals surface area contributed by atoms with Crippen molar-refractivity contribution in [1.29, 1.82) is 0 Å². The standard InChI is InChI=1S/C20H27F2N2OP/c1-5-15(2)12-16(3)6-7-17(4)23-14-20(25)24-13-18-8-10-19(11-9-18)26(21)22/h6-12,23H,5,13-14H2,1-4H3,(H,24,25)/b15-12+,16-6-,17-7+. The van der Waals surface area contributed by atoms with Crippen molar-refractivity contribution in [3.05, 3.63) is 64.9 Å². The van der Waals surface area contributed by atoms with E-state index in [2.05, 4.69) is 30.6 Å². The molecule has 1 aromatic rings. The van der Waals surface area contributed by atoms with E-state index in [9.17, 15) is 13.2 Å². The highest BCUT2D eigenvalue weighted by atomic mass is 31.2. The molecule has 0 aliphatic carbocycles. The number of benzene rings is 1. The minimum atomic E-state index is -3.07. The summed E-state index contributed by atoms with van der Waals surface area (Å²) in [5.41, 5.74) is 4.16. The number of allylic oxidation sites excluding steroid dienone is 6. The third-order valence-corrected chi connectivity index (χ3v) is 4.47. The predicted molar refractivity (Wildman–Crippen MR) is 107 cm³/mol. The van der Waals surface area contributed by atoms with Gasteiger partial charge >= 0.3 is 0 Å². The van der Waals surface area contributed by atoms with Crippen LogP contribution in [0.25, 0.3) is 0 Å². The van der Waals surface area contributed by atoms with Gasteiger partial charge in [-0.2, -0.15) is 8.39 Å². The molecular weight excluding hydrogens is 353 g/mol. The summed E-state index contributed by atoms with van der Waals surface area (Å²) in [6.07, 6.45) is 7.10. The maximum atomic E-state index is 12.6. The molecule has 142 valence electrons. The van der Waals surface area contributed by atoms with Crippen molar-refractivity contribution in [3.63, 3.8) is 0 Å². The van der Waals surface area contributed by atoms with E-state index in [-0.39, 0.29) is 17.8 Å². The summed E-state index contributed by atoms with van der Waals surface area (Å²) in [5.74, 6) is -0.150. The van der Waals surface area contributed by atoms with E-state index in [0.717, 1.165) is 23.3 Å². The van der Waals surface area contributed by atoms with Crippen molar-refractivity contribution < 1.29 is 13.2 Å². The van der Waals surface area contributed by atoms with E-state index >= 15 is 0 Å². The average Bonchev–Trinajstić information content (AvgIpc) is 2.63. The molecule has 2 N–H and O–H groups in total. The second-order valence-corrected chi connectivity index (χ2v) is 7.12. The molecule has 0 bridgehead atoms. The molecule has 0 radical (unpaired) electrons. The number of nitrogens with one attached hydrogen (secondary N) is 2. The molecule has 1 rings (SSSR count). The summed E-state index contributed by atoms with van der Waals surface area (Å²) >= 11 is 0. The summed E-state index contributed by atoms with van der Waals surface area (Å²) in [6.45, 7) is 8.64. The topological polar surface area (TPSA) is 41.1 Å². The Morgan fingerprint density at radius 3 is 2.31 bits per heavy atom. The molecule has 6 heteroatoms. The Morgan fingerprint density at radius 1 is 1.08 bits per heavy atom. The quantitative estimate of drug-likeness (QED) is 0.469. The number of amides is 1. The van der Waals surface area contributed by atoms with Gasteiger partial charge in [0, 0.05) is 17.5 Å². The first-order chi connectivity index (χ1) is 12.3. The van der Waals surface area contributed by atoms with Crippen LogP contribution in [-0.4, -0.2) is 12.5 Å². The van der Waals surface area contributed by atoms with Crippen LogP contribution >= 0.6 is 8.54 Å². The van der Waals surface area contributed by atoms with Crippen molar-refractivity contribution in [2.75, 3.05) is 6.54 Å². The van der Waals surface area contributed by atoms with Crippen molar-refractivity contribution in [1.82, 2.24) is 10.6 Å². The van der Waals surface area contributed by atoms with Crippen LogP contribution in [0.15, 0.2) is 59.3 Å². The minimum absolute atomic E-state index is 0.0461. The number of hydrogen-bond donors (Lipinski definition) is 2. The molecule has 0 fully saturated rings. The SMILES string of the molecule is CC/C(C)=C/C(C)=C\C=C(/C)NCC(=O)NCc1ccc(P(F)F)cc1. The molecule has 0 heterocycles. The molecule has 1 aromatic carbocycles. The molecule has 3 nitrogen and oxygen atoms in total. The zero-order valence-corrected chi connectivity index (χ0v) is 16.7. The Hall–Kier alpha value is -2.00. The van der Waals surface area contributed by atoms with E-state index in [0.29, 0.717) is 6.54 Å². The maximum Gasteiger partial charge on any atom is 0.298 e. The van der Waals surface area contributed by atoms with Crippen LogP contribution in [0.1, 0.15) is 39.7 Å². The Bertz CT molecular complexity index is 680. The van der Waals surface area contributed by atoms with Gasteiger partial charge in [0.1, 0.15) is 0 Å². The van der Waals surface area contributed by atoms with Crippen molar-refractivity contribution >= 4 is 19.8 Å². The molecule has 1 amide bonds. The van der Waals surface area contributed by atoms with Crippen molar-refractivity contribution in [3.8, 4) is 0 Å². The lowest BCUT2D eigenvalue weighted by molar-refractivity contribution is -0.120. The highest BCUT2D eigenvalue weighted by Crippen LogP contribution is 2.36. The molecule has 0 saturated heterocycles. The molecule has 0 atom stereocenters. The zero-order chi connectivity index (χ0) is 19.5. The first-order valence-electron chi connectivity index (χ1n) is 8.55. The summed E-state index contributed by atoms with van der Waals surface area (Å²) in [6, 6.07) is 6.04. The van der Waals surface area contributed by atoms with Crippen LogP contribution in [-0.2, 0) is 11.3 Å². The molecule has 0 saturated carbocycles. The third-order valence-electron chi connectivity index (χ3n) is 3.78. The van der Waals surface area contributed by atoms with Crippen molar-refractivity contribution in [2.24, 2.45) is 0 Å². The Balaban J connectivity index is 2.41. The van der Waals surface area contributed by atoms with E-state index in [4.69, 9.17) is 0 Å². The van der Waals surface area contributed by atoms with Crippen LogP contribution < -0.4 is 15.9 Å². The molecule has 26 heavy (non-hydrogen) atoms. The predicted octanol–water partition coefficient (Wildman–Crippen LogP) is 4.98. The Labute approximate surface area is 156 Å². The Morgan fingerprint density at radius 2 is 1.73 bits per heavy atom. The fraction of sp³-hybridized carbons (Fsp3) is 0.350. The van der Waals surface area contributed by atoms with Gasteiger partial charge < -0.3 is 10.6 Å². The first kappa shape index (κ1) is 22.0. The van der Waals surface area contributed by atoms with Crippen LogP contribution in [0.5, 0.6) is 0 Å². The maximum absolute atomic E-state index is 12.6. The highest BCUT2D eigenvalue weighted by Gasteiger charge is 2.08. The molecule has 0 aliphatic heterocycles. The number of carbonyl (C=O) groups excluding carboxylic acids is 1. The van der Waals surface area contributed by atoms with Crippen LogP contribution in [0, 0.1) is 0 Å². The lowest BCUT2D eigenvalue weighted by Gasteiger charge is -2.08. The monoisotopic (exact) mass is 380 g/mol. The highest BCUT2D eigenvalue weighted by molar-refractivity contribution is 7.55. The average molecular weight is 380 g/mol. The second-order valence-electron chi connectivity index (χ2n) is 6.13. The van der Waals surface area contributed by atoms with E-state index in [1.165, 1.54) is 17.7 Å². The zero-order valence-electron chi connectivity index (χ0n) is 15.8. The van der Waals surface area contributed by atoms with Gasteiger partial charge in [-0.3, -0.25) is 4.79 Å². The van der Waals surface area contributed by atoms with Gasteiger partial charge in [0.25, 0.3) is 8.54 Å². The van der Waals surface area contributed by atoms with Gasteiger partial charge in [-0.1, -0.05) is 42.4 Å². The number of hydrogen-bond acceptors (Lipinski definition) is 2. The van der Waals surface area contributed by atoms with Gasteiger partial charge in [0.05, 0.1) is 6.54 Å². The molecule has 0 unspecified atom stereocenters. The second kappa shape index (κ2) is 11.6. The van der Waals surface area contributed by atoms with E-state index in [1.54, 1.807) is 12.1 Å². The fourth-order valence-electron chi connectivity index (χ4n) is 2.06. The van der Waals surface area contributed by atoms with Gasteiger partial charge in [0.2, 0.25) is 5.91 Å².